The van der Waals surface area contributed by atoms with Crippen molar-refractivity contribution in [3.63, 3.8) is 0 Å². The number of carbonyl (C=O) groups is 4. The Balaban J connectivity index is 1.46. The van der Waals surface area contributed by atoms with Crippen molar-refractivity contribution in [1.29, 1.82) is 0 Å². The molecule has 0 unspecified atom stereocenters. The summed E-state index contributed by atoms with van der Waals surface area (Å²) < 4.78 is 1.32. The molecule has 0 radical (unpaired) electrons. The second-order valence-electron chi connectivity index (χ2n) is 11.0. The predicted molar refractivity (Wildman–Crippen MR) is 166 cm³/mol. The fourth-order valence-electron chi connectivity index (χ4n) is 4.83. The van der Waals surface area contributed by atoms with Gasteiger partial charge in [0.05, 0.1) is 18.6 Å². The Labute approximate surface area is 267 Å². The fourth-order valence-corrected chi connectivity index (χ4v) is 6.70. The molecule has 4 aromatic rings. The second-order valence-corrected chi connectivity index (χ2v) is 12.8. The van der Waals surface area contributed by atoms with Crippen LogP contribution >= 0.6 is 22.7 Å². The number of nitrogens with one attached hydrogen (secondary N) is 3. The van der Waals surface area contributed by atoms with Crippen LogP contribution < -0.4 is 16.0 Å². The molecule has 5 rings (SSSR count). The van der Waals surface area contributed by atoms with Crippen LogP contribution in [0, 0.1) is 5.92 Å². The maximum absolute atomic E-state index is 13.5. The van der Waals surface area contributed by atoms with Crippen LogP contribution in [0.4, 0.5) is 0 Å². The van der Waals surface area contributed by atoms with Crippen LogP contribution in [0.2, 0.25) is 0 Å². The maximum atomic E-state index is 13.5. The van der Waals surface area contributed by atoms with Crippen LogP contribution in [0.1, 0.15) is 81.9 Å². The number of fused-ring (bicyclic) bond motifs is 4. The molecule has 236 valence electrons. The molecule has 0 saturated heterocycles. The van der Waals surface area contributed by atoms with Gasteiger partial charge in [-0.2, -0.15) is 0 Å². The van der Waals surface area contributed by atoms with Gasteiger partial charge < -0.3 is 20.9 Å². The number of nitrogens with zero attached hydrogens (tertiary/aromatic N) is 7. The highest BCUT2D eigenvalue weighted by Crippen LogP contribution is 2.27. The van der Waals surface area contributed by atoms with Gasteiger partial charge in [-0.05, 0) is 41.7 Å². The monoisotopic (exact) mass is 650 g/mol. The summed E-state index contributed by atoms with van der Waals surface area (Å²) in [5.74, 6) is -1.51. The van der Waals surface area contributed by atoms with E-state index in [1.807, 2.05) is 44.2 Å². The number of rotatable bonds is 5. The number of benzene rings is 1. The smallest absolute Gasteiger partial charge is 0.271 e. The first kappa shape index (κ1) is 31.8. The molecule has 1 aromatic carbocycles. The van der Waals surface area contributed by atoms with Gasteiger partial charge >= 0.3 is 0 Å². The highest BCUT2D eigenvalue weighted by Gasteiger charge is 2.29. The Hall–Kier alpha value is -4.57. The topological polar surface area (TPSA) is 177 Å². The van der Waals surface area contributed by atoms with E-state index in [9.17, 15) is 19.2 Å². The van der Waals surface area contributed by atoms with E-state index in [1.54, 1.807) is 17.7 Å². The van der Waals surface area contributed by atoms with Gasteiger partial charge in [-0.25, -0.2) is 14.6 Å². The number of tetrazole rings is 1. The SMILES string of the molecule is CC(C)[C@@H]1NC(=O)c2csc(n2)[C@H](Cc2ccccc2)NC(=O)CN(C(=O)[C@H](C)n2cnnn2)CCCNC(=O)c2csc1n2. The van der Waals surface area contributed by atoms with Crippen molar-refractivity contribution < 1.29 is 19.2 Å². The highest BCUT2D eigenvalue weighted by atomic mass is 32.1. The summed E-state index contributed by atoms with van der Waals surface area (Å²) in [6, 6.07) is 7.90. The van der Waals surface area contributed by atoms with Crippen LogP contribution in [0.15, 0.2) is 47.4 Å². The van der Waals surface area contributed by atoms with E-state index >= 15 is 0 Å². The zero-order valence-electron chi connectivity index (χ0n) is 25.0. The minimum Gasteiger partial charge on any atom is -0.351 e. The Bertz CT molecular complexity index is 1620. The molecular formula is C29H34N10O4S2. The lowest BCUT2D eigenvalue weighted by Gasteiger charge is -2.26. The van der Waals surface area contributed by atoms with E-state index in [1.165, 1.54) is 38.6 Å². The number of amides is 4. The van der Waals surface area contributed by atoms with Gasteiger partial charge in [0.25, 0.3) is 11.8 Å². The fraction of sp³-hybridized carbons (Fsp3) is 0.414. The van der Waals surface area contributed by atoms with E-state index < -0.39 is 24.0 Å². The molecule has 0 fully saturated rings. The third-order valence-corrected chi connectivity index (χ3v) is 9.19. The zero-order chi connectivity index (χ0) is 31.9. The largest absolute Gasteiger partial charge is 0.351 e. The minimum atomic E-state index is -0.758. The summed E-state index contributed by atoms with van der Waals surface area (Å²) >= 11 is 2.58. The normalized spacial score (nSPS) is 19.1. The Kier molecular flexibility index (Phi) is 10.2. The minimum absolute atomic E-state index is 0.00689. The van der Waals surface area contributed by atoms with Crippen molar-refractivity contribution >= 4 is 46.3 Å². The molecule has 1 aliphatic rings. The van der Waals surface area contributed by atoms with Crippen molar-refractivity contribution in [2.75, 3.05) is 19.6 Å². The number of hydrogen-bond acceptors (Lipinski definition) is 11. The molecule has 14 nitrogen and oxygen atoms in total. The molecular weight excluding hydrogens is 617 g/mol. The summed E-state index contributed by atoms with van der Waals surface area (Å²) in [4.78, 5) is 63.9. The first-order valence-corrected chi connectivity index (χ1v) is 16.3. The van der Waals surface area contributed by atoms with E-state index in [4.69, 9.17) is 0 Å². The molecule has 16 heteroatoms. The van der Waals surface area contributed by atoms with E-state index in [0.717, 1.165) is 5.56 Å². The summed E-state index contributed by atoms with van der Waals surface area (Å²) in [5, 5.41) is 24.5. The molecule has 3 atom stereocenters. The van der Waals surface area contributed by atoms with Crippen molar-refractivity contribution in [2.24, 2.45) is 5.92 Å². The molecule has 0 aliphatic carbocycles. The molecule has 4 amide bonds. The molecule has 3 N–H and O–H groups in total. The average Bonchev–Trinajstić information content (AvgIpc) is 3.82. The quantitative estimate of drug-likeness (QED) is 0.293. The first-order chi connectivity index (χ1) is 21.7. The van der Waals surface area contributed by atoms with Crippen molar-refractivity contribution in [3.05, 3.63) is 74.4 Å². The lowest BCUT2D eigenvalue weighted by molar-refractivity contribution is -0.139. The van der Waals surface area contributed by atoms with Crippen LogP contribution in [0.3, 0.4) is 0 Å². The Morgan fingerprint density at radius 1 is 0.978 bits per heavy atom. The van der Waals surface area contributed by atoms with Crippen LogP contribution in [-0.4, -0.2) is 78.3 Å². The van der Waals surface area contributed by atoms with E-state index in [-0.39, 0.29) is 54.7 Å². The predicted octanol–water partition coefficient (Wildman–Crippen LogP) is 2.34. The first-order valence-electron chi connectivity index (χ1n) is 14.5. The number of aromatic nitrogens is 6. The van der Waals surface area contributed by atoms with Crippen molar-refractivity contribution in [3.8, 4) is 0 Å². The summed E-state index contributed by atoms with van der Waals surface area (Å²) in [5.41, 5.74) is 1.43. The number of thiazole rings is 2. The van der Waals surface area contributed by atoms with Gasteiger partial charge in [-0.1, -0.05) is 44.2 Å². The van der Waals surface area contributed by atoms with Crippen molar-refractivity contribution in [2.45, 2.75) is 51.7 Å². The summed E-state index contributed by atoms with van der Waals surface area (Å²) in [6.07, 6.45) is 2.16. The lowest BCUT2D eigenvalue weighted by Crippen LogP contribution is -2.45. The number of hydrogen-bond donors (Lipinski definition) is 3. The lowest BCUT2D eigenvalue weighted by atomic mass is 10.0. The zero-order valence-corrected chi connectivity index (χ0v) is 26.7. The van der Waals surface area contributed by atoms with Gasteiger partial charge in [0.2, 0.25) is 11.8 Å². The van der Waals surface area contributed by atoms with Gasteiger partial charge in [-0.3, -0.25) is 19.2 Å². The Morgan fingerprint density at radius 3 is 2.40 bits per heavy atom. The molecule has 0 saturated carbocycles. The van der Waals surface area contributed by atoms with Crippen LogP contribution in [-0.2, 0) is 16.0 Å². The third kappa shape index (κ3) is 7.94. The second kappa shape index (κ2) is 14.5. The number of carbonyl (C=O) groups excluding carboxylic acids is 4. The molecule has 1 aliphatic heterocycles. The van der Waals surface area contributed by atoms with Crippen LogP contribution in [0.25, 0.3) is 0 Å². The average molecular weight is 651 g/mol. The summed E-state index contributed by atoms with van der Waals surface area (Å²) in [7, 11) is 0. The standard InChI is InChI=1S/C29H34N10O4S2/c1-17(2)24-28-34-21(14-45-28)25(41)30-10-7-11-38(29(43)18(3)39-16-31-36-37-39)13-23(40)32-20(12-19-8-5-4-6-9-19)27-33-22(15-44-27)26(42)35-24/h4-6,8-9,14-18,20,24H,7,10-13H2,1-3H3,(H,30,41)(H,32,40)(H,35,42)/t18-,20-,24-/m0/s1. The highest BCUT2D eigenvalue weighted by molar-refractivity contribution is 7.10. The molecule has 3 aromatic heterocycles. The molecule has 45 heavy (non-hydrogen) atoms. The Morgan fingerprint density at radius 2 is 1.69 bits per heavy atom. The molecule has 4 bridgehead atoms. The van der Waals surface area contributed by atoms with Crippen LogP contribution in [0.5, 0.6) is 0 Å². The third-order valence-electron chi connectivity index (χ3n) is 7.30. The van der Waals surface area contributed by atoms with Gasteiger partial charge in [0.1, 0.15) is 33.8 Å². The maximum Gasteiger partial charge on any atom is 0.271 e. The molecule has 0 spiro atoms. The molecule has 4 heterocycles. The van der Waals surface area contributed by atoms with E-state index in [0.29, 0.717) is 22.9 Å². The van der Waals surface area contributed by atoms with Gasteiger partial charge in [0, 0.05) is 23.8 Å². The van der Waals surface area contributed by atoms with Crippen molar-refractivity contribution in [1.82, 2.24) is 51.0 Å². The van der Waals surface area contributed by atoms with Gasteiger partial charge in [-0.15, -0.1) is 27.8 Å². The van der Waals surface area contributed by atoms with Gasteiger partial charge in [0.15, 0.2) is 0 Å². The van der Waals surface area contributed by atoms with E-state index in [2.05, 4.69) is 41.4 Å². The summed E-state index contributed by atoms with van der Waals surface area (Å²) in [6.45, 7) is 5.78.